The zero-order valence-corrected chi connectivity index (χ0v) is 26.3. The number of hydrogen-bond donors (Lipinski definition) is 1. The van der Waals surface area contributed by atoms with Gasteiger partial charge in [-0.2, -0.15) is 0 Å². The summed E-state index contributed by atoms with van der Waals surface area (Å²) in [7, 11) is 3.27. The van der Waals surface area contributed by atoms with Crippen molar-refractivity contribution in [2.75, 3.05) is 27.4 Å². The third-order valence-corrected chi connectivity index (χ3v) is 9.74. The van der Waals surface area contributed by atoms with E-state index in [1.807, 2.05) is 25.1 Å². The van der Waals surface area contributed by atoms with Crippen molar-refractivity contribution in [3.05, 3.63) is 88.2 Å². The number of esters is 1. The van der Waals surface area contributed by atoms with Crippen LogP contribution in [0.2, 0.25) is 0 Å². The predicted molar refractivity (Wildman–Crippen MR) is 171 cm³/mol. The Morgan fingerprint density at radius 3 is 2.58 bits per heavy atom. The van der Waals surface area contributed by atoms with E-state index in [2.05, 4.69) is 52.1 Å². The Morgan fingerprint density at radius 2 is 1.91 bits per heavy atom. The van der Waals surface area contributed by atoms with Gasteiger partial charge < -0.3 is 19.2 Å². The number of pyridine rings is 1. The van der Waals surface area contributed by atoms with Crippen molar-refractivity contribution in [2.45, 2.75) is 43.8 Å². The maximum Gasteiger partial charge on any atom is 0.340 e. The van der Waals surface area contributed by atoms with Gasteiger partial charge in [0.1, 0.15) is 16.3 Å². The molecule has 5 aromatic rings. The maximum absolute atomic E-state index is 13.9. The highest BCUT2D eigenvalue weighted by Gasteiger charge is 2.32. The van der Waals surface area contributed by atoms with Crippen molar-refractivity contribution in [1.82, 2.24) is 19.9 Å². The van der Waals surface area contributed by atoms with E-state index >= 15 is 0 Å². The summed E-state index contributed by atoms with van der Waals surface area (Å²) in [5.41, 5.74) is 5.33. The highest BCUT2D eigenvalue weighted by molar-refractivity contribution is 7.99. The molecule has 0 spiro atoms. The standard InChI is InChI=1S/C33H34N4O4S2/c1-5-41-32(38)29-27(22-15-23(39-3)17-24(16-22)40-4)28-25-11-14-37(18-21-9-7-6-8-10-21)19-26(25)43-31(28)36-30(29)20(2)42-33-34-12-13-35-33/h6-10,12-13,15-17,20H,5,11,14,18-19H2,1-4H3,(H,34,35). The summed E-state index contributed by atoms with van der Waals surface area (Å²) in [6.07, 6.45) is 4.37. The number of nitrogens with zero attached hydrogens (tertiary/aromatic N) is 3. The van der Waals surface area contributed by atoms with E-state index < -0.39 is 5.97 Å². The van der Waals surface area contributed by atoms with Crippen LogP contribution < -0.4 is 9.47 Å². The van der Waals surface area contributed by atoms with Crippen molar-refractivity contribution < 1.29 is 19.0 Å². The summed E-state index contributed by atoms with van der Waals surface area (Å²) in [5, 5.41) is 1.59. The number of aromatic nitrogens is 3. The first-order valence-electron chi connectivity index (χ1n) is 14.3. The lowest BCUT2D eigenvalue weighted by molar-refractivity contribution is 0.0525. The molecular weight excluding hydrogens is 581 g/mol. The number of ether oxygens (including phenoxy) is 3. The summed E-state index contributed by atoms with van der Waals surface area (Å²) in [6.45, 7) is 6.76. The molecule has 0 fully saturated rings. The molecule has 10 heteroatoms. The fourth-order valence-corrected chi connectivity index (χ4v) is 7.81. The molecule has 1 aliphatic heterocycles. The van der Waals surface area contributed by atoms with Gasteiger partial charge in [0.25, 0.3) is 0 Å². The number of H-pyrrole nitrogens is 1. The van der Waals surface area contributed by atoms with E-state index in [0.717, 1.165) is 52.6 Å². The van der Waals surface area contributed by atoms with E-state index in [9.17, 15) is 4.79 Å². The number of thioether (sulfide) groups is 1. The third-order valence-electron chi connectivity index (χ3n) is 7.61. The van der Waals surface area contributed by atoms with Crippen LogP contribution in [-0.4, -0.2) is 53.2 Å². The molecule has 1 N–H and O–H groups in total. The highest BCUT2D eigenvalue weighted by Crippen LogP contribution is 2.47. The Hall–Kier alpha value is -3.86. The van der Waals surface area contributed by atoms with Gasteiger partial charge in [-0.25, -0.2) is 14.8 Å². The van der Waals surface area contributed by atoms with Crippen molar-refractivity contribution >= 4 is 39.3 Å². The minimum Gasteiger partial charge on any atom is -0.497 e. The number of thiophene rings is 1. The molecule has 2 aromatic carbocycles. The zero-order chi connectivity index (χ0) is 29.9. The lowest BCUT2D eigenvalue weighted by Gasteiger charge is -2.27. The van der Waals surface area contributed by atoms with E-state index in [-0.39, 0.29) is 11.9 Å². The van der Waals surface area contributed by atoms with Crippen LogP contribution in [0.4, 0.5) is 0 Å². The van der Waals surface area contributed by atoms with Gasteiger partial charge in [-0.05, 0) is 49.1 Å². The molecule has 43 heavy (non-hydrogen) atoms. The first kappa shape index (κ1) is 29.2. The summed E-state index contributed by atoms with van der Waals surface area (Å²) in [5.74, 6) is 0.899. The van der Waals surface area contributed by atoms with Gasteiger partial charge in [-0.1, -0.05) is 42.1 Å². The largest absolute Gasteiger partial charge is 0.497 e. The normalized spacial score (nSPS) is 14.0. The molecule has 222 valence electrons. The number of hydrogen-bond acceptors (Lipinski definition) is 9. The van der Waals surface area contributed by atoms with E-state index in [1.54, 1.807) is 38.0 Å². The van der Waals surface area contributed by atoms with Gasteiger partial charge in [0.15, 0.2) is 5.16 Å². The van der Waals surface area contributed by atoms with Gasteiger partial charge in [0, 0.05) is 53.9 Å². The van der Waals surface area contributed by atoms with Crippen LogP contribution in [0.25, 0.3) is 21.3 Å². The molecule has 0 saturated heterocycles. The van der Waals surface area contributed by atoms with E-state index in [1.165, 1.54) is 27.8 Å². The monoisotopic (exact) mass is 614 g/mol. The van der Waals surface area contributed by atoms with Crippen LogP contribution >= 0.6 is 23.1 Å². The fraction of sp³-hybridized carbons (Fsp3) is 0.303. The number of methoxy groups -OCH3 is 2. The topological polar surface area (TPSA) is 89.6 Å². The van der Waals surface area contributed by atoms with Crippen LogP contribution in [-0.2, 0) is 24.2 Å². The quantitative estimate of drug-likeness (QED) is 0.130. The molecule has 0 bridgehead atoms. The molecule has 1 unspecified atom stereocenters. The Balaban J connectivity index is 1.56. The number of aromatic amines is 1. The second-order valence-electron chi connectivity index (χ2n) is 10.4. The first-order valence-corrected chi connectivity index (χ1v) is 16.0. The predicted octanol–water partition coefficient (Wildman–Crippen LogP) is 7.29. The van der Waals surface area contributed by atoms with Crippen molar-refractivity contribution in [3.8, 4) is 22.6 Å². The highest BCUT2D eigenvalue weighted by atomic mass is 32.2. The van der Waals surface area contributed by atoms with Gasteiger partial charge in [-0.3, -0.25) is 4.90 Å². The van der Waals surface area contributed by atoms with Gasteiger partial charge in [0.2, 0.25) is 0 Å². The SMILES string of the molecule is CCOC(=O)c1c(C(C)Sc2ncc[nH]2)nc2sc3c(c2c1-c1cc(OC)cc(OC)c1)CCN(Cc1ccccc1)C3. The van der Waals surface area contributed by atoms with Crippen LogP contribution in [0.15, 0.2) is 66.1 Å². The second-order valence-corrected chi connectivity index (χ2v) is 12.8. The number of benzene rings is 2. The molecule has 4 heterocycles. The smallest absolute Gasteiger partial charge is 0.340 e. The zero-order valence-electron chi connectivity index (χ0n) is 24.7. The number of nitrogens with one attached hydrogen (secondary N) is 1. The molecule has 0 amide bonds. The summed E-state index contributed by atoms with van der Waals surface area (Å²) in [4.78, 5) is 31.4. The average Bonchev–Trinajstić information content (AvgIpc) is 3.67. The average molecular weight is 615 g/mol. The minimum absolute atomic E-state index is 0.185. The first-order chi connectivity index (χ1) is 21.0. The minimum atomic E-state index is -0.392. The third kappa shape index (κ3) is 6.00. The lowest BCUT2D eigenvalue weighted by atomic mass is 9.91. The van der Waals surface area contributed by atoms with Crippen LogP contribution in [0.1, 0.15) is 51.2 Å². The number of carbonyl (C=O) groups excluding carboxylic acids is 1. The Bertz CT molecular complexity index is 1720. The number of rotatable bonds is 10. The molecule has 1 atom stereocenters. The van der Waals surface area contributed by atoms with Gasteiger partial charge in [0.05, 0.1) is 37.3 Å². The van der Waals surface area contributed by atoms with E-state index in [4.69, 9.17) is 19.2 Å². The molecule has 3 aromatic heterocycles. The summed E-state index contributed by atoms with van der Waals surface area (Å²) >= 11 is 3.24. The van der Waals surface area contributed by atoms with Crippen LogP contribution in [0.3, 0.4) is 0 Å². The maximum atomic E-state index is 13.9. The van der Waals surface area contributed by atoms with Crippen molar-refractivity contribution in [1.29, 1.82) is 0 Å². The molecule has 0 radical (unpaired) electrons. The second kappa shape index (κ2) is 12.8. The lowest BCUT2D eigenvalue weighted by Crippen LogP contribution is -2.29. The van der Waals surface area contributed by atoms with Gasteiger partial charge in [-0.15, -0.1) is 11.3 Å². The molecule has 8 nitrogen and oxygen atoms in total. The Labute approximate surface area is 259 Å². The molecule has 0 saturated carbocycles. The molecule has 6 rings (SSSR count). The van der Waals surface area contributed by atoms with Gasteiger partial charge >= 0.3 is 5.97 Å². The van der Waals surface area contributed by atoms with Crippen LogP contribution in [0.5, 0.6) is 11.5 Å². The van der Waals surface area contributed by atoms with Crippen LogP contribution in [0, 0.1) is 0 Å². The number of imidazole rings is 1. The fourth-order valence-electron chi connectivity index (χ4n) is 5.66. The number of fused-ring (bicyclic) bond motifs is 3. The Kier molecular flexibility index (Phi) is 8.69. The summed E-state index contributed by atoms with van der Waals surface area (Å²) < 4.78 is 17.0. The molecule has 1 aliphatic rings. The molecule has 0 aliphatic carbocycles. The van der Waals surface area contributed by atoms with Crippen molar-refractivity contribution in [2.24, 2.45) is 0 Å². The van der Waals surface area contributed by atoms with E-state index in [0.29, 0.717) is 22.8 Å². The number of carbonyl (C=O) groups is 1. The Morgan fingerprint density at radius 1 is 1.14 bits per heavy atom. The molecular formula is C33H34N4O4S2. The summed E-state index contributed by atoms with van der Waals surface area (Å²) in [6, 6.07) is 16.3. The van der Waals surface area contributed by atoms with Crippen molar-refractivity contribution in [3.63, 3.8) is 0 Å².